The Hall–Kier alpha value is -1.61. The maximum atomic E-state index is 11.4. The van der Waals surface area contributed by atoms with E-state index >= 15 is 0 Å². The summed E-state index contributed by atoms with van der Waals surface area (Å²) < 4.78 is 26.1. The van der Waals surface area contributed by atoms with Gasteiger partial charge in [0.2, 0.25) is 0 Å². The van der Waals surface area contributed by atoms with Crippen LogP contribution < -0.4 is 10.5 Å². The molecule has 1 rings (SSSR count). The Morgan fingerprint density at radius 3 is 2.73 bits per heavy atom. The van der Waals surface area contributed by atoms with Gasteiger partial charge in [0.1, 0.15) is 11.7 Å². The smallest absolute Gasteiger partial charge is 0.302 e. The molecular weight excluding hydrogens is 220 g/mol. The number of aromatic amines is 1. The molecule has 0 radical (unpaired) electrons. The summed E-state index contributed by atoms with van der Waals surface area (Å²) in [7, 11) is -0.855. The van der Waals surface area contributed by atoms with Crippen molar-refractivity contribution in [2.75, 3.05) is 18.8 Å². The first-order valence-electron chi connectivity index (χ1n) is 3.92. The second-order valence-corrected chi connectivity index (χ2v) is 4.85. The van der Waals surface area contributed by atoms with Crippen LogP contribution in [0.1, 0.15) is 5.56 Å². The molecule has 0 amide bonds. The van der Waals surface area contributed by atoms with E-state index in [-0.39, 0.29) is 17.2 Å². The molecule has 84 valence electrons. The average Bonchev–Trinajstić information content (AvgIpc) is 2.51. The second kappa shape index (κ2) is 3.87. The molecule has 15 heavy (non-hydrogen) atoms. The van der Waals surface area contributed by atoms with Crippen molar-refractivity contribution >= 4 is 21.9 Å². The normalized spacial score (nSPS) is 11.7. The molecule has 5 N–H and O–H groups in total. The molecule has 1 aromatic rings. The second-order valence-electron chi connectivity index (χ2n) is 2.96. The first-order valence-corrected chi connectivity index (χ1v) is 5.36. The Bertz CT molecular complexity index is 462. The molecule has 0 aliphatic rings. The molecule has 1 heterocycles. The number of nitrogen functional groups attached to an aromatic ring is 1. The zero-order valence-corrected chi connectivity index (χ0v) is 9.09. The molecule has 0 fully saturated rings. The van der Waals surface area contributed by atoms with Crippen LogP contribution in [0.15, 0.2) is 6.20 Å². The largest absolute Gasteiger partial charge is 0.384 e. The van der Waals surface area contributed by atoms with E-state index in [1.807, 2.05) is 0 Å². The van der Waals surface area contributed by atoms with E-state index < -0.39 is 10.2 Å². The van der Waals surface area contributed by atoms with Gasteiger partial charge in [-0.2, -0.15) is 17.8 Å². The minimum atomic E-state index is -3.62. The first kappa shape index (κ1) is 11.5. The van der Waals surface area contributed by atoms with E-state index in [4.69, 9.17) is 11.1 Å². The van der Waals surface area contributed by atoms with Crippen LogP contribution in [0.5, 0.6) is 0 Å². The van der Waals surface area contributed by atoms with Gasteiger partial charge in [-0.3, -0.25) is 15.2 Å². The van der Waals surface area contributed by atoms with Crippen LogP contribution in [0.3, 0.4) is 0 Å². The fourth-order valence-electron chi connectivity index (χ4n) is 0.788. The fourth-order valence-corrected chi connectivity index (χ4v) is 1.38. The van der Waals surface area contributed by atoms with Crippen LogP contribution in [-0.2, 0) is 10.2 Å². The summed E-state index contributed by atoms with van der Waals surface area (Å²) in [5, 5.41) is 13.2. The van der Waals surface area contributed by atoms with E-state index in [9.17, 15) is 8.42 Å². The molecule has 0 aliphatic heterocycles. The lowest BCUT2D eigenvalue weighted by molar-refractivity contribution is 0.526. The molecular formula is C6H12N6O2S. The first-order chi connectivity index (χ1) is 6.84. The highest BCUT2D eigenvalue weighted by Crippen LogP contribution is 2.12. The predicted molar refractivity (Wildman–Crippen MR) is 55.8 cm³/mol. The zero-order valence-electron chi connectivity index (χ0n) is 8.27. The van der Waals surface area contributed by atoms with Gasteiger partial charge in [0.15, 0.2) is 0 Å². The third-order valence-corrected chi connectivity index (χ3v) is 3.06. The molecule has 9 heteroatoms. The summed E-state index contributed by atoms with van der Waals surface area (Å²) in [6.45, 7) is 0. The SMILES string of the molecule is CN(C)S(=O)(=O)Nc1[nH]ncc1C(=N)N. The minimum Gasteiger partial charge on any atom is -0.384 e. The average molecular weight is 232 g/mol. The predicted octanol–water partition coefficient (Wildman–Crippen LogP) is -1.09. The van der Waals surface area contributed by atoms with Crippen LogP contribution in [0.4, 0.5) is 5.82 Å². The standard InChI is InChI=1S/C6H12N6O2S/c1-12(2)15(13,14)11-6-4(5(7)8)3-9-10-6/h3H,1-2H3,(H3,7,8)(H2,9,10,11). The van der Waals surface area contributed by atoms with Gasteiger partial charge < -0.3 is 5.73 Å². The topological polar surface area (TPSA) is 128 Å². The molecule has 0 bridgehead atoms. The summed E-state index contributed by atoms with van der Waals surface area (Å²) in [5.41, 5.74) is 5.44. The summed E-state index contributed by atoms with van der Waals surface area (Å²) in [5.74, 6) is -0.184. The molecule has 0 aromatic carbocycles. The summed E-state index contributed by atoms with van der Waals surface area (Å²) in [6.07, 6.45) is 1.27. The Labute approximate surface area is 87.2 Å². The molecule has 0 atom stereocenters. The van der Waals surface area contributed by atoms with Gasteiger partial charge in [-0.05, 0) is 0 Å². The van der Waals surface area contributed by atoms with Crippen molar-refractivity contribution in [3.05, 3.63) is 11.8 Å². The van der Waals surface area contributed by atoms with Gasteiger partial charge in [-0.15, -0.1) is 0 Å². The van der Waals surface area contributed by atoms with Gasteiger partial charge in [-0.1, -0.05) is 0 Å². The number of aromatic nitrogens is 2. The number of rotatable bonds is 4. The summed E-state index contributed by atoms with van der Waals surface area (Å²) in [4.78, 5) is 0. The monoisotopic (exact) mass is 232 g/mol. The lowest BCUT2D eigenvalue weighted by Crippen LogP contribution is -2.30. The van der Waals surface area contributed by atoms with Crippen molar-refractivity contribution < 1.29 is 8.42 Å². The highest BCUT2D eigenvalue weighted by molar-refractivity contribution is 7.90. The highest BCUT2D eigenvalue weighted by atomic mass is 32.2. The number of nitrogens with two attached hydrogens (primary N) is 1. The molecule has 0 aliphatic carbocycles. The van der Waals surface area contributed by atoms with Gasteiger partial charge >= 0.3 is 10.2 Å². The Kier molecular flexibility index (Phi) is 2.95. The van der Waals surface area contributed by atoms with E-state index in [2.05, 4.69) is 14.9 Å². The van der Waals surface area contributed by atoms with Gasteiger partial charge in [0.05, 0.1) is 11.8 Å². The number of anilines is 1. The molecule has 0 saturated heterocycles. The van der Waals surface area contributed by atoms with E-state index in [0.29, 0.717) is 0 Å². The molecule has 1 aromatic heterocycles. The third kappa shape index (κ3) is 2.44. The van der Waals surface area contributed by atoms with Crippen LogP contribution in [0.2, 0.25) is 0 Å². The Morgan fingerprint density at radius 1 is 1.67 bits per heavy atom. The lowest BCUT2D eigenvalue weighted by atomic mass is 10.3. The quantitative estimate of drug-likeness (QED) is 0.388. The van der Waals surface area contributed by atoms with Crippen molar-refractivity contribution in [2.45, 2.75) is 0 Å². The summed E-state index contributed by atoms with van der Waals surface area (Å²) in [6, 6.07) is 0. The maximum Gasteiger partial charge on any atom is 0.302 e. The van der Waals surface area contributed by atoms with E-state index in [0.717, 1.165) is 4.31 Å². The lowest BCUT2D eigenvalue weighted by Gasteiger charge is -2.12. The van der Waals surface area contributed by atoms with Crippen molar-refractivity contribution in [3.8, 4) is 0 Å². The maximum absolute atomic E-state index is 11.4. The fraction of sp³-hybridized carbons (Fsp3) is 0.333. The van der Waals surface area contributed by atoms with Crippen molar-refractivity contribution in [3.63, 3.8) is 0 Å². The van der Waals surface area contributed by atoms with Crippen LogP contribution in [-0.4, -0.2) is 42.9 Å². The van der Waals surface area contributed by atoms with Crippen molar-refractivity contribution in [2.24, 2.45) is 5.73 Å². The van der Waals surface area contributed by atoms with Gasteiger partial charge in [0, 0.05) is 14.1 Å². The number of hydrogen-bond acceptors (Lipinski definition) is 4. The van der Waals surface area contributed by atoms with E-state index in [1.54, 1.807) is 0 Å². The van der Waals surface area contributed by atoms with Gasteiger partial charge in [-0.25, -0.2) is 0 Å². The molecule has 8 nitrogen and oxygen atoms in total. The van der Waals surface area contributed by atoms with E-state index in [1.165, 1.54) is 20.3 Å². The minimum absolute atomic E-state index is 0.0798. The van der Waals surface area contributed by atoms with Crippen molar-refractivity contribution in [1.82, 2.24) is 14.5 Å². The molecule has 0 unspecified atom stereocenters. The number of amidine groups is 1. The summed E-state index contributed by atoms with van der Waals surface area (Å²) >= 11 is 0. The Morgan fingerprint density at radius 2 is 2.27 bits per heavy atom. The number of nitrogens with zero attached hydrogens (tertiary/aromatic N) is 2. The number of H-pyrrole nitrogens is 1. The number of hydrogen-bond donors (Lipinski definition) is 4. The third-order valence-electron chi connectivity index (χ3n) is 1.64. The number of nitrogens with one attached hydrogen (secondary N) is 3. The molecule has 0 spiro atoms. The zero-order chi connectivity index (χ0) is 11.6. The highest BCUT2D eigenvalue weighted by Gasteiger charge is 2.17. The molecule has 0 saturated carbocycles. The van der Waals surface area contributed by atoms with Crippen molar-refractivity contribution in [1.29, 1.82) is 5.41 Å². The van der Waals surface area contributed by atoms with Crippen LogP contribution in [0.25, 0.3) is 0 Å². The Balaban J connectivity index is 3.01. The van der Waals surface area contributed by atoms with Crippen LogP contribution in [0, 0.1) is 5.41 Å². The van der Waals surface area contributed by atoms with Gasteiger partial charge in [0.25, 0.3) is 0 Å². The van der Waals surface area contributed by atoms with Crippen LogP contribution >= 0.6 is 0 Å².